The summed E-state index contributed by atoms with van der Waals surface area (Å²) < 4.78 is 26.9. The molecule has 7 heteroatoms. The molecule has 2 aromatic rings. The van der Waals surface area contributed by atoms with E-state index in [4.69, 9.17) is 0 Å². The second-order valence-corrected chi connectivity index (χ2v) is 8.28. The van der Waals surface area contributed by atoms with Gasteiger partial charge in [0.25, 0.3) is 10.0 Å². The van der Waals surface area contributed by atoms with Gasteiger partial charge in [0.2, 0.25) is 0 Å². The molecule has 2 heterocycles. The summed E-state index contributed by atoms with van der Waals surface area (Å²) in [5, 5.41) is 3.30. The zero-order valence-electron chi connectivity index (χ0n) is 13.8. The number of sulfonamides is 1. The maximum atomic E-state index is 13.0. The van der Waals surface area contributed by atoms with Crippen LogP contribution in [0.1, 0.15) is 12.5 Å². The number of benzene rings is 2. The lowest BCUT2D eigenvalue weighted by Crippen LogP contribution is -2.36. The van der Waals surface area contributed by atoms with Gasteiger partial charge in [0.1, 0.15) is 0 Å². The predicted octanol–water partition coefficient (Wildman–Crippen LogP) is 2.67. The zero-order valence-corrected chi connectivity index (χ0v) is 14.7. The number of carbonyl (C=O) groups is 1. The highest BCUT2D eigenvalue weighted by molar-refractivity contribution is 7.89. The van der Waals surface area contributed by atoms with Gasteiger partial charge in [0.15, 0.2) is 0 Å². The van der Waals surface area contributed by atoms with Gasteiger partial charge in [-0.2, -0.15) is 0 Å². The predicted molar refractivity (Wildman–Crippen MR) is 96.3 cm³/mol. The molecule has 0 spiro atoms. The molecule has 0 aliphatic carbocycles. The summed E-state index contributed by atoms with van der Waals surface area (Å²) in [4.78, 5) is 14.3. The molecule has 25 heavy (non-hydrogen) atoms. The molecule has 0 aromatic heterocycles. The first-order valence-electron chi connectivity index (χ1n) is 8.25. The van der Waals surface area contributed by atoms with Crippen molar-refractivity contribution in [3.05, 3.63) is 54.1 Å². The Morgan fingerprint density at radius 2 is 1.84 bits per heavy atom. The Balaban J connectivity index is 1.64. The van der Waals surface area contributed by atoms with Crippen molar-refractivity contribution in [2.45, 2.75) is 24.3 Å². The highest BCUT2D eigenvalue weighted by atomic mass is 32.2. The van der Waals surface area contributed by atoms with E-state index in [1.807, 2.05) is 18.2 Å². The first kappa shape index (κ1) is 16.0. The zero-order chi connectivity index (χ0) is 17.6. The third kappa shape index (κ3) is 2.64. The fourth-order valence-corrected chi connectivity index (χ4v) is 4.81. The van der Waals surface area contributed by atoms with Gasteiger partial charge >= 0.3 is 6.03 Å². The second-order valence-electron chi connectivity index (χ2n) is 6.42. The second kappa shape index (κ2) is 5.77. The summed E-state index contributed by atoms with van der Waals surface area (Å²) in [6, 6.07) is 13.9. The number of urea groups is 1. The van der Waals surface area contributed by atoms with Gasteiger partial charge in [-0.05, 0) is 49.2 Å². The van der Waals surface area contributed by atoms with E-state index >= 15 is 0 Å². The van der Waals surface area contributed by atoms with E-state index in [2.05, 4.69) is 12.2 Å². The van der Waals surface area contributed by atoms with Gasteiger partial charge < -0.3 is 5.32 Å². The first-order valence-corrected chi connectivity index (χ1v) is 9.69. The van der Waals surface area contributed by atoms with Gasteiger partial charge in [0.05, 0.1) is 11.4 Å². The fraction of sp³-hybridized carbons (Fsp3) is 0.278. The summed E-state index contributed by atoms with van der Waals surface area (Å²) in [6.07, 6.45) is 0.781. The molecule has 2 aliphatic rings. The van der Waals surface area contributed by atoms with Crippen molar-refractivity contribution in [1.29, 1.82) is 0 Å². The van der Waals surface area contributed by atoms with Crippen LogP contribution in [-0.4, -0.2) is 37.9 Å². The number of rotatable bonds is 3. The highest BCUT2D eigenvalue weighted by Gasteiger charge is 2.39. The molecule has 1 unspecified atom stereocenters. The maximum absolute atomic E-state index is 13.0. The molecular formula is C18H19N3O3S. The van der Waals surface area contributed by atoms with Crippen LogP contribution in [0.2, 0.25) is 0 Å². The molecule has 0 saturated carbocycles. The van der Waals surface area contributed by atoms with E-state index in [1.54, 1.807) is 30.3 Å². The molecule has 130 valence electrons. The van der Waals surface area contributed by atoms with Crippen LogP contribution in [0.5, 0.6) is 0 Å². The number of amides is 2. The van der Waals surface area contributed by atoms with Gasteiger partial charge in [0, 0.05) is 24.0 Å². The lowest BCUT2D eigenvalue weighted by atomic mass is 10.1. The average Bonchev–Trinajstić information content (AvgIpc) is 3.16. The average molecular weight is 357 g/mol. The van der Waals surface area contributed by atoms with E-state index in [0.717, 1.165) is 22.0 Å². The molecule has 0 bridgehead atoms. The number of nitrogens with one attached hydrogen (secondary N) is 1. The van der Waals surface area contributed by atoms with Gasteiger partial charge in [-0.3, -0.25) is 4.90 Å². The largest absolute Gasteiger partial charge is 0.382 e. The van der Waals surface area contributed by atoms with Crippen molar-refractivity contribution in [2.75, 3.05) is 23.3 Å². The lowest BCUT2D eigenvalue weighted by Gasteiger charge is -2.19. The van der Waals surface area contributed by atoms with Crippen LogP contribution in [0, 0.1) is 0 Å². The third-order valence-corrected chi connectivity index (χ3v) is 6.40. The topological polar surface area (TPSA) is 69.7 Å². The van der Waals surface area contributed by atoms with Crippen molar-refractivity contribution in [3.8, 4) is 0 Å². The molecule has 0 radical (unpaired) electrons. The minimum Gasteiger partial charge on any atom is -0.382 e. The summed E-state index contributed by atoms with van der Waals surface area (Å²) in [6.45, 7) is 2.56. The normalized spacial score (nSPS) is 19.9. The molecular weight excluding hydrogens is 338 g/mol. The molecule has 2 amide bonds. The lowest BCUT2D eigenvalue weighted by molar-refractivity contribution is 0.239. The summed E-state index contributed by atoms with van der Waals surface area (Å²) in [5.41, 5.74) is 2.64. The Morgan fingerprint density at radius 1 is 1.08 bits per heavy atom. The van der Waals surface area contributed by atoms with Crippen LogP contribution in [0.3, 0.4) is 0 Å². The van der Waals surface area contributed by atoms with Crippen LogP contribution >= 0.6 is 0 Å². The van der Waals surface area contributed by atoms with Crippen molar-refractivity contribution >= 4 is 27.4 Å². The Labute approximate surface area is 147 Å². The molecule has 6 nitrogen and oxygen atoms in total. The smallest absolute Gasteiger partial charge is 0.338 e. The minimum absolute atomic E-state index is 0.155. The van der Waals surface area contributed by atoms with Gasteiger partial charge in [-0.25, -0.2) is 17.5 Å². The summed E-state index contributed by atoms with van der Waals surface area (Å²) >= 11 is 0. The Hall–Kier alpha value is -2.54. The molecule has 4 rings (SSSR count). The molecule has 1 atom stereocenters. The van der Waals surface area contributed by atoms with Crippen LogP contribution < -0.4 is 10.2 Å². The van der Waals surface area contributed by atoms with Gasteiger partial charge in [-0.15, -0.1) is 0 Å². The highest BCUT2D eigenvalue weighted by Crippen LogP contribution is 2.31. The number of anilines is 2. The Kier molecular flexibility index (Phi) is 3.68. The SMILES string of the molecule is CC1Cc2cc(S(=O)(=O)N3CCN(c4ccccc4)C3=O)ccc2N1. The van der Waals surface area contributed by atoms with E-state index in [9.17, 15) is 13.2 Å². The maximum Gasteiger partial charge on any atom is 0.338 e. The van der Waals surface area contributed by atoms with E-state index < -0.39 is 16.1 Å². The van der Waals surface area contributed by atoms with Crippen molar-refractivity contribution in [2.24, 2.45) is 0 Å². The summed E-state index contributed by atoms with van der Waals surface area (Å²) in [7, 11) is -3.85. The van der Waals surface area contributed by atoms with Crippen LogP contribution in [0.15, 0.2) is 53.4 Å². The first-order chi connectivity index (χ1) is 12.0. The van der Waals surface area contributed by atoms with E-state index in [0.29, 0.717) is 12.2 Å². The van der Waals surface area contributed by atoms with Crippen molar-refractivity contribution < 1.29 is 13.2 Å². The Bertz CT molecular complexity index is 928. The fourth-order valence-electron chi connectivity index (χ4n) is 3.40. The van der Waals surface area contributed by atoms with E-state index in [1.165, 1.54) is 4.90 Å². The van der Waals surface area contributed by atoms with Gasteiger partial charge in [-0.1, -0.05) is 18.2 Å². The number of fused-ring (bicyclic) bond motifs is 1. The molecule has 1 N–H and O–H groups in total. The van der Waals surface area contributed by atoms with Crippen molar-refractivity contribution in [1.82, 2.24) is 4.31 Å². The molecule has 2 aromatic carbocycles. The number of hydrogen-bond donors (Lipinski definition) is 1. The number of nitrogens with zero attached hydrogens (tertiary/aromatic N) is 2. The monoisotopic (exact) mass is 357 g/mol. The summed E-state index contributed by atoms with van der Waals surface area (Å²) in [5.74, 6) is 0. The Morgan fingerprint density at radius 3 is 2.60 bits per heavy atom. The van der Waals surface area contributed by atoms with Crippen LogP contribution in [-0.2, 0) is 16.4 Å². The minimum atomic E-state index is -3.85. The number of carbonyl (C=O) groups excluding carboxylic acids is 1. The van der Waals surface area contributed by atoms with Crippen molar-refractivity contribution in [3.63, 3.8) is 0 Å². The molecule has 1 saturated heterocycles. The quantitative estimate of drug-likeness (QED) is 0.917. The molecule has 2 aliphatic heterocycles. The van der Waals surface area contributed by atoms with Crippen LogP contribution in [0.25, 0.3) is 0 Å². The number of hydrogen-bond acceptors (Lipinski definition) is 4. The number of para-hydroxylation sites is 1. The van der Waals surface area contributed by atoms with Crippen LogP contribution in [0.4, 0.5) is 16.2 Å². The third-order valence-electron chi connectivity index (χ3n) is 4.63. The standard InChI is InChI=1S/C18H19N3O3S/c1-13-11-14-12-16(7-8-17(14)19-13)25(23,24)21-10-9-20(18(21)22)15-5-3-2-4-6-15/h2-8,12-13,19H,9-11H2,1H3. The molecule has 1 fully saturated rings. The van der Waals surface area contributed by atoms with E-state index in [-0.39, 0.29) is 17.5 Å².